The van der Waals surface area contributed by atoms with Crippen molar-refractivity contribution in [3.63, 3.8) is 0 Å². The summed E-state index contributed by atoms with van der Waals surface area (Å²) < 4.78 is 16.0. The molecule has 0 spiro atoms. The molecule has 7 heteroatoms. The highest BCUT2D eigenvalue weighted by Gasteiger charge is 2.61. The lowest BCUT2D eigenvalue weighted by Gasteiger charge is -2.13. The van der Waals surface area contributed by atoms with Crippen LogP contribution >= 0.6 is 0 Å². The summed E-state index contributed by atoms with van der Waals surface area (Å²) in [4.78, 5) is 24.3. The van der Waals surface area contributed by atoms with E-state index in [0.29, 0.717) is 17.1 Å². The molecule has 3 atom stereocenters. The summed E-state index contributed by atoms with van der Waals surface area (Å²) in [6.07, 6.45) is 1.70. The normalized spacial score (nSPS) is 19.2. The molecule has 0 amide bonds. The van der Waals surface area contributed by atoms with Crippen LogP contribution in [-0.2, 0) is 19.1 Å². The van der Waals surface area contributed by atoms with Crippen molar-refractivity contribution in [1.82, 2.24) is 0 Å². The van der Waals surface area contributed by atoms with Crippen LogP contribution in [0.5, 0.6) is 11.5 Å². The molecule has 1 saturated carbocycles. The second kappa shape index (κ2) is 9.80. The molecule has 0 aliphatic heterocycles. The van der Waals surface area contributed by atoms with Crippen LogP contribution in [0.25, 0.3) is 0 Å². The van der Waals surface area contributed by atoms with Crippen molar-refractivity contribution in [2.75, 3.05) is 6.61 Å². The average molecular weight is 430 g/mol. The molecule has 0 heterocycles. The van der Waals surface area contributed by atoms with Gasteiger partial charge in [0.2, 0.25) is 6.10 Å². The zero-order valence-corrected chi connectivity index (χ0v) is 17.7. The van der Waals surface area contributed by atoms with Gasteiger partial charge in [0.15, 0.2) is 6.61 Å². The summed E-state index contributed by atoms with van der Waals surface area (Å²) in [5.41, 5.74) is 0.0707. The quantitative estimate of drug-likeness (QED) is 0.448. The van der Waals surface area contributed by atoms with Gasteiger partial charge in [0, 0.05) is 11.6 Å². The van der Waals surface area contributed by atoms with E-state index < -0.39 is 29.4 Å². The van der Waals surface area contributed by atoms with Crippen molar-refractivity contribution >= 4 is 11.9 Å². The van der Waals surface area contributed by atoms with Gasteiger partial charge in [0.05, 0.1) is 5.92 Å². The number of esters is 2. The largest absolute Gasteiger partial charge is 0.457 e. The molecule has 32 heavy (non-hydrogen) atoms. The molecule has 2 aromatic carbocycles. The summed E-state index contributed by atoms with van der Waals surface area (Å²) in [6, 6.07) is 19.8. The van der Waals surface area contributed by atoms with Crippen LogP contribution in [0.3, 0.4) is 0 Å². The predicted molar refractivity (Wildman–Crippen MR) is 114 cm³/mol. The number of hydrogen-bond acceptors (Lipinski definition) is 7. The van der Waals surface area contributed by atoms with E-state index in [1.54, 1.807) is 36.4 Å². The van der Waals surface area contributed by atoms with Gasteiger partial charge in [-0.1, -0.05) is 50.3 Å². The topological polar surface area (TPSA) is 109 Å². The molecule has 7 nitrogen and oxygen atoms in total. The molecule has 0 N–H and O–H groups in total. The van der Waals surface area contributed by atoms with Crippen LogP contribution in [0.15, 0.2) is 66.7 Å². The highest BCUT2D eigenvalue weighted by atomic mass is 16.5. The maximum absolute atomic E-state index is 12.8. The Morgan fingerprint density at radius 1 is 1.09 bits per heavy atom. The van der Waals surface area contributed by atoms with E-state index in [1.807, 2.05) is 50.2 Å². The van der Waals surface area contributed by atoms with Gasteiger partial charge in [-0.25, -0.2) is 4.79 Å². The molecule has 2 aromatic rings. The minimum absolute atomic E-state index is 0.239. The van der Waals surface area contributed by atoms with Crippen LogP contribution in [-0.4, -0.2) is 18.5 Å². The van der Waals surface area contributed by atoms with E-state index >= 15 is 0 Å². The first kappa shape index (κ1) is 22.6. The lowest BCUT2D eigenvalue weighted by atomic mass is 10.1. The van der Waals surface area contributed by atoms with Crippen LogP contribution in [0.2, 0.25) is 0 Å². The third kappa shape index (κ3) is 5.33. The van der Waals surface area contributed by atoms with E-state index in [4.69, 9.17) is 14.7 Å². The van der Waals surface area contributed by atoms with Crippen molar-refractivity contribution in [3.05, 3.63) is 72.3 Å². The molecule has 0 bridgehead atoms. The fourth-order valence-corrected chi connectivity index (χ4v) is 3.54. The van der Waals surface area contributed by atoms with Crippen molar-refractivity contribution in [2.45, 2.75) is 20.0 Å². The van der Waals surface area contributed by atoms with Gasteiger partial charge >= 0.3 is 11.9 Å². The number of allylic oxidation sites excluding steroid dienone is 1. The first-order chi connectivity index (χ1) is 15.4. The number of hydrogen-bond donors (Lipinski definition) is 0. The standard InChI is InChI=1S/C25H22N2O5/c1-25(2)20(11-12-22(28)30-14-13-26)23(25)24(29)32-21(16-27)17-7-6-10-19(15-17)31-18-8-4-3-5-9-18/h3-12,15,20-21,23H,14H2,1-2H3/b12-11-/t20-,21+,23-/m0/s1. The monoisotopic (exact) mass is 430 g/mol. The van der Waals surface area contributed by atoms with E-state index in [1.165, 1.54) is 6.08 Å². The SMILES string of the molecule is CC1(C)[C@H](C(=O)O[C@H](C#N)c2cccc(Oc3ccccc3)c2)[C@@H]1/C=C\C(=O)OCC#N. The number of carbonyl (C=O) groups is 2. The Bertz CT molecular complexity index is 1100. The summed E-state index contributed by atoms with van der Waals surface area (Å²) in [7, 11) is 0. The first-order valence-corrected chi connectivity index (χ1v) is 10.0. The molecule has 1 aliphatic carbocycles. The second-order valence-corrected chi connectivity index (χ2v) is 7.88. The minimum Gasteiger partial charge on any atom is -0.457 e. The Hall–Kier alpha value is -4.10. The van der Waals surface area contributed by atoms with Gasteiger partial charge in [0.1, 0.15) is 23.6 Å². The minimum atomic E-state index is -1.09. The van der Waals surface area contributed by atoms with Crippen LogP contribution in [0.4, 0.5) is 0 Å². The summed E-state index contributed by atoms with van der Waals surface area (Å²) in [5.74, 6) is -0.729. The highest BCUT2D eigenvalue weighted by Crippen LogP contribution is 2.59. The van der Waals surface area contributed by atoms with Gasteiger partial charge in [-0.15, -0.1) is 0 Å². The predicted octanol–water partition coefficient (Wildman–Crippen LogP) is 4.48. The Morgan fingerprint density at radius 2 is 1.81 bits per heavy atom. The first-order valence-electron chi connectivity index (χ1n) is 10.0. The number of para-hydroxylation sites is 1. The fraction of sp³-hybridized carbons (Fsp3) is 0.280. The van der Waals surface area contributed by atoms with Crippen molar-refractivity contribution in [2.24, 2.45) is 17.3 Å². The smallest absolute Gasteiger partial charge is 0.331 e. The summed E-state index contributed by atoms with van der Waals surface area (Å²) >= 11 is 0. The van der Waals surface area contributed by atoms with Crippen LogP contribution in [0.1, 0.15) is 25.5 Å². The van der Waals surface area contributed by atoms with Gasteiger partial charge in [0.25, 0.3) is 0 Å². The number of benzene rings is 2. The third-order valence-electron chi connectivity index (χ3n) is 5.37. The summed E-state index contributed by atoms with van der Waals surface area (Å²) in [5, 5.41) is 18.0. The molecular formula is C25H22N2O5. The van der Waals surface area contributed by atoms with E-state index in [-0.39, 0.29) is 12.5 Å². The molecule has 3 rings (SSSR count). The molecule has 0 radical (unpaired) electrons. The molecule has 0 saturated heterocycles. The van der Waals surface area contributed by atoms with E-state index in [9.17, 15) is 14.9 Å². The lowest BCUT2D eigenvalue weighted by molar-refractivity contribution is -0.149. The van der Waals surface area contributed by atoms with E-state index in [0.717, 1.165) is 0 Å². The summed E-state index contributed by atoms with van der Waals surface area (Å²) in [6.45, 7) is 3.42. The van der Waals surface area contributed by atoms with Gasteiger partial charge in [-0.05, 0) is 35.6 Å². The molecule has 0 aromatic heterocycles. The van der Waals surface area contributed by atoms with Crippen molar-refractivity contribution < 1.29 is 23.8 Å². The fourth-order valence-electron chi connectivity index (χ4n) is 3.54. The van der Waals surface area contributed by atoms with Crippen molar-refractivity contribution in [1.29, 1.82) is 10.5 Å². The van der Waals surface area contributed by atoms with E-state index in [2.05, 4.69) is 4.74 Å². The number of carbonyl (C=O) groups excluding carboxylic acids is 2. The van der Waals surface area contributed by atoms with Crippen LogP contribution < -0.4 is 4.74 Å². The van der Waals surface area contributed by atoms with Crippen LogP contribution in [0, 0.1) is 39.9 Å². The molecule has 1 aliphatic rings. The Kier molecular flexibility index (Phi) is 6.92. The zero-order chi connectivity index (χ0) is 23.1. The average Bonchev–Trinajstić information content (AvgIpc) is 3.35. The Labute approximate surface area is 186 Å². The Morgan fingerprint density at radius 3 is 2.50 bits per heavy atom. The maximum Gasteiger partial charge on any atom is 0.331 e. The second-order valence-electron chi connectivity index (χ2n) is 7.88. The number of ether oxygens (including phenoxy) is 3. The molecule has 1 fully saturated rings. The number of nitrogens with zero attached hydrogens (tertiary/aromatic N) is 2. The molecule has 162 valence electrons. The molecular weight excluding hydrogens is 408 g/mol. The highest BCUT2D eigenvalue weighted by molar-refractivity contribution is 5.83. The maximum atomic E-state index is 12.8. The van der Waals surface area contributed by atoms with Gasteiger partial charge < -0.3 is 14.2 Å². The van der Waals surface area contributed by atoms with Crippen molar-refractivity contribution in [3.8, 4) is 23.6 Å². The van der Waals surface area contributed by atoms with Gasteiger partial charge in [-0.2, -0.15) is 10.5 Å². The number of rotatable bonds is 8. The third-order valence-corrected chi connectivity index (χ3v) is 5.37. The van der Waals surface area contributed by atoms with Gasteiger partial charge in [-0.3, -0.25) is 4.79 Å². The molecule has 0 unspecified atom stereocenters. The Balaban J connectivity index is 1.66. The zero-order valence-electron chi connectivity index (χ0n) is 17.7. The number of nitriles is 2. The lowest BCUT2D eigenvalue weighted by Crippen LogP contribution is -2.14.